The minimum atomic E-state index is -1.05. The van der Waals surface area contributed by atoms with E-state index in [0.717, 1.165) is 4.57 Å². The maximum atomic E-state index is 14.2. The molecule has 0 radical (unpaired) electrons. The quantitative estimate of drug-likeness (QED) is 0.324. The van der Waals surface area contributed by atoms with Crippen molar-refractivity contribution in [2.75, 3.05) is 25.6 Å². The van der Waals surface area contributed by atoms with Crippen LogP contribution in [-0.2, 0) is 11.8 Å². The molecule has 0 saturated carbocycles. The second kappa shape index (κ2) is 11.2. The molecule has 2 rings (SSSR count). The van der Waals surface area contributed by atoms with Crippen molar-refractivity contribution < 1.29 is 33.3 Å². The average Bonchev–Trinajstić information content (AvgIpc) is 2.88. The molecule has 2 aromatic rings. The lowest BCUT2D eigenvalue weighted by Crippen LogP contribution is -2.17. The number of hydrogen-bond acceptors (Lipinski definition) is 6. The molecule has 0 saturated heterocycles. The molecule has 0 aliphatic rings. The first-order chi connectivity index (χ1) is 13.5. The van der Waals surface area contributed by atoms with Gasteiger partial charge in [-0.25, -0.2) is 8.78 Å². The van der Waals surface area contributed by atoms with Crippen molar-refractivity contribution in [3.63, 3.8) is 0 Å². The highest BCUT2D eigenvalue weighted by atomic mass is 127. The van der Waals surface area contributed by atoms with Gasteiger partial charge in [-0.2, -0.15) is 0 Å². The standard InChI is InChI=1S/C14H12F2IN3O2.C4H10O3/c1-6(21)12-11(16)10(13(18)22)14(20(12)2)19-9-4-3-7(17)5-8(9)15;1-7-3-4(6)2-5/h3-5,19H,1-2H3,(H2,18,22);4-6H,2-3H2,1H3/t;4-/m.1/s1. The molecule has 0 fully saturated rings. The first kappa shape index (κ1) is 24.9. The Morgan fingerprint density at radius 2 is 2.00 bits per heavy atom. The van der Waals surface area contributed by atoms with Gasteiger partial charge in [0.15, 0.2) is 11.6 Å². The number of nitrogens with one attached hydrogen (secondary N) is 1. The van der Waals surface area contributed by atoms with Crippen molar-refractivity contribution >= 4 is 45.8 Å². The summed E-state index contributed by atoms with van der Waals surface area (Å²) in [6.45, 7) is 1.14. The fourth-order valence-electron chi connectivity index (χ4n) is 2.37. The number of carbonyl (C=O) groups is 2. The molecule has 1 aromatic carbocycles. The average molecular weight is 525 g/mol. The zero-order valence-corrected chi connectivity index (χ0v) is 18.2. The van der Waals surface area contributed by atoms with Crippen LogP contribution in [0.25, 0.3) is 0 Å². The maximum absolute atomic E-state index is 14.2. The molecule has 29 heavy (non-hydrogen) atoms. The number of rotatable bonds is 7. The number of hydrogen-bond donors (Lipinski definition) is 4. The lowest BCUT2D eigenvalue weighted by Gasteiger charge is -2.11. The van der Waals surface area contributed by atoms with Gasteiger partial charge in [0.1, 0.15) is 29.0 Å². The van der Waals surface area contributed by atoms with E-state index in [4.69, 9.17) is 15.9 Å². The highest BCUT2D eigenvalue weighted by Gasteiger charge is 2.27. The molecule has 11 heteroatoms. The van der Waals surface area contributed by atoms with Crippen LogP contribution in [0.4, 0.5) is 20.3 Å². The first-order valence-electron chi connectivity index (χ1n) is 8.23. The largest absolute Gasteiger partial charge is 0.394 e. The summed E-state index contributed by atoms with van der Waals surface area (Å²) in [6, 6.07) is 4.36. The van der Waals surface area contributed by atoms with Gasteiger partial charge in [-0.3, -0.25) is 9.59 Å². The van der Waals surface area contributed by atoms with E-state index in [2.05, 4.69) is 10.1 Å². The van der Waals surface area contributed by atoms with Crippen LogP contribution in [0, 0.1) is 15.2 Å². The van der Waals surface area contributed by atoms with E-state index in [9.17, 15) is 18.4 Å². The molecule has 5 N–H and O–H groups in total. The van der Waals surface area contributed by atoms with Crippen LogP contribution in [0.15, 0.2) is 18.2 Å². The molecule has 1 heterocycles. The Labute approximate surface area is 179 Å². The molecule has 160 valence electrons. The Bertz CT molecular complexity index is 889. The number of carbonyl (C=O) groups excluding carboxylic acids is 2. The van der Waals surface area contributed by atoms with E-state index < -0.39 is 35.0 Å². The van der Waals surface area contributed by atoms with Crippen LogP contribution in [0.1, 0.15) is 27.8 Å². The number of Topliss-reactive ketones (excluding diaryl/α,β-unsaturated/α-hetero) is 1. The number of primary amides is 1. The number of ether oxygens (including phenoxy) is 1. The van der Waals surface area contributed by atoms with Crippen molar-refractivity contribution in [2.45, 2.75) is 13.0 Å². The lowest BCUT2D eigenvalue weighted by molar-refractivity contribution is 0.0254. The topological polar surface area (TPSA) is 127 Å². The van der Waals surface area contributed by atoms with Crippen molar-refractivity contribution in [1.29, 1.82) is 0 Å². The van der Waals surface area contributed by atoms with Gasteiger partial charge in [-0.15, -0.1) is 0 Å². The second-order valence-corrected chi connectivity index (χ2v) is 7.15. The van der Waals surface area contributed by atoms with E-state index in [1.54, 1.807) is 6.07 Å². The summed E-state index contributed by atoms with van der Waals surface area (Å²) in [5.74, 6) is -3.29. The molecule has 0 bridgehead atoms. The van der Waals surface area contributed by atoms with E-state index in [0.29, 0.717) is 3.57 Å². The smallest absolute Gasteiger partial charge is 0.255 e. The first-order valence-corrected chi connectivity index (χ1v) is 9.31. The molecule has 1 aromatic heterocycles. The van der Waals surface area contributed by atoms with Crippen molar-refractivity contribution in [3.05, 3.63) is 44.7 Å². The Hall–Kier alpha value is -2.09. The van der Waals surface area contributed by atoms with Gasteiger partial charge in [-0.05, 0) is 40.8 Å². The van der Waals surface area contributed by atoms with Crippen molar-refractivity contribution in [1.82, 2.24) is 4.57 Å². The van der Waals surface area contributed by atoms with Crippen LogP contribution < -0.4 is 11.1 Å². The lowest BCUT2D eigenvalue weighted by atomic mass is 10.2. The van der Waals surface area contributed by atoms with Crippen LogP contribution in [0.2, 0.25) is 0 Å². The monoisotopic (exact) mass is 525 g/mol. The number of methoxy groups -OCH3 is 1. The van der Waals surface area contributed by atoms with Crippen LogP contribution in [0.5, 0.6) is 0 Å². The molecule has 0 unspecified atom stereocenters. The number of anilines is 2. The Kier molecular flexibility index (Phi) is 9.62. The normalized spacial score (nSPS) is 11.4. The van der Waals surface area contributed by atoms with E-state index in [1.807, 2.05) is 22.6 Å². The van der Waals surface area contributed by atoms with Gasteiger partial charge >= 0.3 is 0 Å². The number of benzene rings is 1. The van der Waals surface area contributed by atoms with Gasteiger partial charge in [0, 0.05) is 24.7 Å². The Morgan fingerprint density at radius 1 is 1.38 bits per heavy atom. The summed E-state index contributed by atoms with van der Waals surface area (Å²) in [6.07, 6.45) is -0.718. The number of nitrogens with two attached hydrogens (primary N) is 1. The van der Waals surface area contributed by atoms with Gasteiger partial charge in [0.2, 0.25) is 0 Å². The highest BCUT2D eigenvalue weighted by Crippen LogP contribution is 2.29. The summed E-state index contributed by atoms with van der Waals surface area (Å²) in [5, 5.41) is 19.2. The number of halogens is 3. The van der Waals surface area contributed by atoms with E-state index >= 15 is 0 Å². The SMILES string of the molecule is CC(=O)c1c(F)c(C(N)=O)c(Nc2ccc(I)cc2F)n1C.COC[C@H](O)CO. The number of aliphatic hydroxyl groups excluding tert-OH is 2. The number of nitrogens with zero attached hydrogens (tertiary/aromatic N) is 1. The van der Waals surface area contributed by atoms with Crippen molar-refractivity contribution in [3.8, 4) is 0 Å². The number of ketones is 1. The third-order valence-electron chi connectivity index (χ3n) is 3.67. The molecule has 1 amide bonds. The summed E-state index contributed by atoms with van der Waals surface area (Å²) >= 11 is 1.94. The summed E-state index contributed by atoms with van der Waals surface area (Å²) in [7, 11) is 2.86. The summed E-state index contributed by atoms with van der Waals surface area (Å²) in [4.78, 5) is 23.0. The van der Waals surface area contributed by atoms with Crippen LogP contribution in [0.3, 0.4) is 0 Å². The predicted molar refractivity (Wildman–Crippen MR) is 111 cm³/mol. The van der Waals surface area contributed by atoms with Gasteiger partial charge in [0.25, 0.3) is 5.91 Å². The predicted octanol–water partition coefficient (Wildman–Crippen LogP) is 1.94. The van der Waals surface area contributed by atoms with Gasteiger partial charge in [0.05, 0.1) is 18.9 Å². The molecular weight excluding hydrogens is 503 g/mol. The molecule has 1 atom stereocenters. The number of amides is 1. The second-order valence-electron chi connectivity index (χ2n) is 5.91. The molecule has 0 spiro atoms. The minimum Gasteiger partial charge on any atom is -0.394 e. The van der Waals surface area contributed by atoms with E-state index in [1.165, 1.54) is 33.2 Å². The minimum absolute atomic E-state index is 0.0404. The fourth-order valence-corrected chi connectivity index (χ4v) is 2.83. The molecular formula is C18H22F2IN3O5. The highest BCUT2D eigenvalue weighted by molar-refractivity contribution is 14.1. The van der Waals surface area contributed by atoms with Crippen LogP contribution in [-0.4, -0.2) is 52.9 Å². The zero-order valence-electron chi connectivity index (χ0n) is 16.0. The molecule has 8 nitrogen and oxygen atoms in total. The molecule has 0 aliphatic carbocycles. The maximum Gasteiger partial charge on any atom is 0.255 e. The van der Waals surface area contributed by atoms with Gasteiger partial charge in [-0.1, -0.05) is 0 Å². The van der Waals surface area contributed by atoms with Gasteiger partial charge < -0.3 is 30.6 Å². The Morgan fingerprint density at radius 3 is 2.41 bits per heavy atom. The summed E-state index contributed by atoms with van der Waals surface area (Å²) in [5.41, 5.74) is 4.43. The zero-order chi connectivity index (χ0) is 22.3. The van der Waals surface area contributed by atoms with Crippen LogP contribution >= 0.6 is 22.6 Å². The third-order valence-corrected chi connectivity index (χ3v) is 4.34. The summed E-state index contributed by atoms with van der Waals surface area (Å²) < 4.78 is 34.5. The fraction of sp³-hybridized carbons (Fsp3) is 0.333. The Balaban J connectivity index is 0.000000516. The van der Waals surface area contributed by atoms with E-state index in [-0.39, 0.29) is 30.4 Å². The third kappa shape index (κ3) is 6.45. The molecule has 0 aliphatic heterocycles. The number of aromatic nitrogens is 1. The number of aliphatic hydroxyl groups is 2. The van der Waals surface area contributed by atoms with Crippen molar-refractivity contribution in [2.24, 2.45) is 12.8 Å².